The Labute approximate surface area is 91.2 Å². The smallest absolute Gasteiger partial charge is 0.118 e. The zero-order valence-electron chi connectivity index (χ0n) is 9.53. The second-order valence-electron chi connectivity index (χ2n) is 3.85. The summed E-state index contributed by atoms with van der Waals surface area (Å²) in [6.45, 7) is 7.75. The van der Waals surface area contributed by atoms with Crippen LogP contribution in [0.3, 0.4) is 0 Å². The van der Waals surface area contributed by atoms with Gasteiger partial charge in [-0.2, -0.15) is 0 Å². The Kier molecular flexibility index (Phi) is 3.92. The largest absolute Gasteiger partial charge is 0.497 e. The van der Waals surface area contributed by atoms with Crippen molar-refractivity contribution in [2.75, 3.05) is 7.11 Å². The van der Waals surface area contributed by atoms with E-state index in [0.29, 0.717) is 0 Å². The van der Waals surface area contributed by atoms with Crippen molar-refractivity contribution < 1.29 is 9.84 Å². The van der Waals surface area contributed by atoms with E-state index in [1.165, 1.54) is 0 Å². The molecule has 2 nitrogen and oxygen atoms in total. The Hall–Kier alpha value is -1.28. The summed E-state index contributed by atoms with van der Waals surface area (Å²) in [6, 6.07) is 7.46. The molecule has 1 aromatic carbocycles. The van der Waals surface area contributed by atoms with Gasteiger partial charge in [-0.1, -0.05) is 31.2 Å². The lowest BCUT2D eigenvalue weighted by Crippen LogP contribution is -2.09. The van der Waals surface area contributed by atoms with Crippen molar-refractivity contribution in [1.82, 2.24) is 0 Å². The maximum atomic E-state index is 10.0. The zero-order chi connectivity index (χ0) is 11.4. The van der Waals surface area contributed by atoms with Gasteiger partial charge in [0.2, 0.25) is 0 Å². The Bertz CT molecular complexity index is 327. The molecule has 0 heterocycles. The highest BCUT2D eigenvalue weighted by atomic mass is 16.5. The van der Waals surface area contributed by atoms with Crippen molar-refractivity contribution in [3.63, 3.8) is 0 Å². The van der Waals surface area contributed by atoms with Gasteiger partial charge in [0, 0.05) is 5.92 Å². The highest BCUT2D eigenvalue weighted by Crippen LogP contribution is 2.27. The summed E-state index contributed by atoms with van der Waals surface area (Å²) in [4.78, 5) is 0. The van der Waals surface area contributed by atoms with E-state index < -0.39 is 6.10 Å². The van der Waals surface area contributed by atoms with Crippen LogP contribution in [0.4, 0.5) is 0 Å². The molecule has 0 saturated heterocycles. The molecule has 2 unspecified atom stereocenters. The first-order chi connectivity index (χ1) is 7.06. The fourth-order valence-corrected chi connectivity index (χ4v) is 1.36. The van der Waals surface area contributed by atoms with Crippen LogP contribution in [-0.4, -0.2) is 12.2 Å². The quantitative estimate of drug-likeness (QED) is 0.767. The number of hydrogen-bond acceptors (Lipinski definition) is 2. The van der Waals surface area contributed by atoms with Gasteiger partial charge >= 0.3 is 0 Å². The highest BCUT2D eigenvalue weighted by molar-refractivity contribution is 5.29. The molecule has 1 N–H and O–H groups in total. The lowest BCUT2D eigenvalue weighted by atomic mass is 9.92. The minimum atomic E-state index is -0.492. The molecule has 0 aliphatic rings. The number of aliphatic hydroxyl groups excluding tert-OH is 1. The first kappa shape index (κ1) is 11.8. The third-order valence-corrected chi connectivity index (χ3v) is 2.71. The Morgan fingerprint density at radius 1 is 1.33 bits per heavy atom. The molecule has 0 amide bonds. The van der Waals surface area contributed by atoms with E-state index in [1.807, 2.05) is 38.1 Å². The summed E-state index contributed by atoms with van der Waals surface area (Å²) in [5, 5.41) is 10.0. The van der Waals surface area contributed by atoms with E-state index in [2.05, 4.69) is 6.58 Å². The number of methoxy groups -OCH3 is 1. The first-order valence-corrected chi connectivity index (χ1v) is 5.03. The monoisotopic (exact) mass is 206 g/mol. The molecule has 0 aliphatic carbocycles. The van der Waals surface area contributed by atoms with Crippen molar-refractivity contribution >= 4 is 0 Å². The van der Waals surface area contributed by atoms with Crippen LogP contribution in [0.5, 0.6) is 5.75 Å². The minimum absolute atomic E-state index is 0.0680. The molecule has 82 valence electrons. The summed E-state index contributed by atoms with van der Waals surface area (Å²) < 4.78 is 5.06. The van der Waals surface area contributed by atoms with Gasteiger partial charge in [-0.05, 0) is 24.6 Å². The van der Waals surface area contributed by atoms with Crippen molar-refractivity contribution in [2.45, 2.75) is 20.0 Å². The summed E-state index contributed by atoms with van der Waals surface area (Å²) in [7, 11) is 1.63. The van der Waals surface area contributed by atoms with Gasteiger partial charge in [0.15, 0.2) is 0 Å². The molecule has 2 heteroatoms. The number of aliphatic hydroxyl groups is 1. The molecule has 1 rings (SSSR count). The third kappa shape index (κ3) is 2.83. The molecular weight excluding hydrogens is 188 g/mol. The van der Waals surface area contributed by atoms with Crippen molar-refractivity contribution in [1.29, 1.82) is 0 Å². The average molecular weight is 206 g/mol. The molecule has 0 fully saturated rings. The van der Waals surface area contributed by atoms with E-state index in [-0.39, 0.29) is 5.92 Å². The van der Waals surface area contributed by atoms with Crippen LogP contribution in [0.1, 0.15) is 25.5 Å². The van der Waals surface area contributed by atoms with Crippen LogP contribution in [0.2, 0.25) is 0 Å². The molecule has 0 spiro atoms. The zero-order valence-corrected chi connectivity index (χ0v) is 9.53. The number of benzene rings is 1. The highest BCUT2D eigenvalue weighted by Gasteiger charge is 2.16. The third-order valence-electron chi connectivity index (χ3n) is 2.71. The number of hydrogen-bond donors (Lipinski definition) is 1. The normalized spacial score (nSPS) is 14.4. The minimum Gasteiger partial charge on any atom is -0.497 e. The molecule has 15 heavy (non-hydrogen) atoms. The topological polar surface area (TPSA) is 29.5 Å². The van der Waals surface area contributed by atoms with Gasteiger partial charge in [-0.3, -0.25) is 0 Å². The van der Waals surface area contributed by atoms with Gasteiger partial charge in [-0.25, -0.2) is 0 Å². The summed E-state index contributed by atoms with van der Waals surface area (Å²) in [5.74, 6) is 0.868. The van der Waals surface area contributed by atoms with Gasteiger partial charge in [0.1, 0.15) is 5.75 Å². The molecular formula is C13H18O2. The van der Waals surface area contributed by atoms with E-state index in [0.717, 1.165) is 16.9 Å². The van der Waals surface area contributed by atoms with Crippen LogP contribution >= 0.6 is 0 Å². The Morgan fingerprint density at radius 2 is 1.87 bits per heavy atom. The van der Waals surface area contributed by atoms with Crippen LogP contribution in [-0.2, 0) is 0 Å². The lowest BCUT2D eigenvalue weighted by molar-refractivity contribution is 0.134. The van der Waals surface area contributed by atoms with E-state index >= 15 is 0 Å². The fourth-order valence-electron chi connectivity index (χ4n) is 1.36. The lowest BCUT2D eigenvalue weighted by Gasteiger charge is -2.19. The maximum absolute atomic E-state index is 10.0. The van der Waals surface area contributed by atoms with Gasteiger partial charge < -0.3 is 9.84 Å². The average Bonchev–Trinajstić information content (AvgIpc) is 2.27. The van der Waals surface area contributed by atoms with Crippen molar-refractivity contribution in [3.05, 3.63) is 42.0 Å². The van der Waals surface area contributed by atoms with Crippen LogP contribution in [0, 0.1) is 5.92 Å². The second-order valence-corrected chi connectivity index (χ2v) is 3.85. The van der Waals surface area contributed by atoms with Crippen LogP contribution < -0.4 is 4.74 Å². The Balaban J connectivity index is 2.82. The van der Waals surface area contributed by atoms with Gasteiger partial charge in [0.05, 0.1) is 13.2 Å². The van der Waals surface area contributed by atoms with Gasteiger partial charge in [-0.15, -0.1) is 0 Å². The van der Waals surface area contributed by atoms with E-state index in [1.54, 1.807) is 7.11 Å². The summed E-state index contributed by atoms with van der Waals surface area (Å²) in [6.07, 6.45) is -0.492. The number of ether oxygens (including phenoxy) is 1. The fraction of sp³-hybridized carbons (Fsp3) is 0.385. The molecule has 0 bridgehead atoms. The van der Waals surface area contributed by atoms with Crippen LogP contribution in [0.15, 0.2) is 36.4 Å². The first-order valence-electron chi connectivity index (χ1n) is 5.03. The molecule has 0 aliphatic heterocycles. The maximum Gasteiger partial charge on any atom is 0.118 e. The molecule has 1 aromatic rings. The predicted octanol–water partition coefficient (Wildman–Crippen LogP) is 2.94. The van der Waals surface area contributed by atoms with E-state index in [4.69, 9.17) is 4.74 Å². The van der Waals surface area contributed by atoms with Gasteiger partial charge in [0.25, 0.3) is 0 Å². The van der Waals surface area contributed by atoms with Crippen molar-refractivity contribution in [2.24, 2.45) is 5.92 Å². The van der Waals surface area contributed by atoms with E-state index in [9.17, 15) is 5.11 Å². The molecule has 0 radical (unpaired) electrons. The summed E-state index contributed by atoms with van der Waals surface area (Å²) >= 11 is 0. The standard InChI is InChI=1S/C13H18O2/c1-9(2)10(3)13(14)11-5-7-12(15-4)8-6-11/h5-8,10,13-14H,1H2,2-4H3. The molecule has 0 saturated carbocycles. The summed E-state index contributed by atoms with van der Waals surface area (Å²) in [5.41, 5.74) is 1.88. The second kappa shape index (κ2) is 4.99. The molecule has 2 atom stereocenters. The Morgan fingerprint density at radius 3 is 2.27 bits per heavy atom. The SMILES string of the molecule is C=C(C)C(C)C(O)c1ccc(OC)cc1. The predicted molar refractivity (Wildman–Crippen MR) is 61.9 cm³/mol. The molecule has 0 aromatic heterocycles. The van der Waals surface area contributed by atoms with Crippen LogP contribution in [0.25, 0.3) is 0 Å². The van der Waals surface area contributed by atoms with Crippen molar-refractivity contribution in [3.8, 4) is 5.75 Å². The number of rotatable bonds is 4.